The molecule has 7 heteroatoms. The van der Waals surface area contributed by atoms with Crippen molar-refractivity contribution in [2.45, 2.75) is 26.0 Å². The first-order chi connectivity index (χ1) is 11.9. The van der Waals surface area contributed by atoms with Crippen LogP contribution in [0.1, 0.15) is 22.6 Å². The van der Waals surface area contributed by atoms with E-state index in [2.05, 4.69) is 9.71 Å². The van der Waals surface area contributed by atoms with Crippen molar-refractivity contribution in [1.29, 1.82) is 0 Å². The minimum absolute atomic E-state index is 0.0160. The molecule has 0 atom stereocenters. The quantitative estimate of drug-likeness (QED) is 0.683. The monoisotopic (exact) mass is 376 g/mol. The summed E-state index contributed by atoms with van der Waals surface area (Å²) in [5.41, 5.74) is 2.57. The molecular weight excluding hydrogens is 356 g/mol. The number of rotatable bonds is 7. The van der Waals surface area contributed by atoms with Gasteiger partial charge in [0, 0.05) is 13.0 Å². The minimum Gasteiger partial charge on any atom is -0.440 e. The number of hydrogen-bond donors (Lipinski definition) is 1. The third-order valence-corrected chi connectivity index (χ3v) is 6.11. The van der Waals surface area contributed by atoms with Gasteiger partial charge in [0.2, 0.25) is 15.9 Å². The summed E-state index contributed by atoms with van der Waals surface area (Å²) in [7, 11) is -3.38. The summed E-state index contributed by atoms with van der Waals surface area (Å²) in [6.07, 6.45) is 0.494. The third-order valence-electron chi connectivity index (χ3n) is 3.92. The second-order valence-corrected chi connectivity index (χ2v) is 8.58. The van der Waals surface area contributed by atoms with E-state index in [1.807, 2.05) is 55.6 Å². The molecular formula is C18H20N2O3S2. The fourth-order valence-corrected chi connectivity index (χ4v) is 4.42. The first kappa shape index (κ1) is 17.8. The van der Waals surface area contributed by atoms with Gasteiger partial charge in [-0.1, -0.05) is 30.3 Å². The summed E-state index contributed by atoms with van der Waals surface area (Å²) in [4.78, 5) is 5.45. The van der Waals surface area contributed by atoms with Gasteiger partial charge in [-0.15, -0.1) is 11.3 Å². The maximum absolute atomic E-state index is 12.3. The molecule has 0 aliphatic heterocycles. The van der Waals surface area contributed by atoms with E-state index in [9.17, 15) is 8.42 Å². The molecule has 0 radical (unpaired) electrons. The van der Waals surface area contributed by atoms with Crippen molar-refractivity contribution in [2.75, 3.05) is 6.54 Å². The molecule has 0 aliphatic carbocycles. The first-order valence-corrected chi connectivity index (χ1v) is 10.5. The highest BCUT2D eigenvalue weighted by Crippen LogP contribution is 2.26. The number of benzene rings is 1. The fourth-order valence-electron chi connectivity index (χ4n) is 2.52. The lowest BCUT2D eigenvalue weighted by atomic mass is 10.1. The van der Waals surface area contributed by atoms with Crippen LogP contribution in [0.5, 0.6) is 0 Å². The predicted molar refractivity (Wildman–Crippen MR) is 100 cm³/mol. The van der Waals surface area contributed by atoms with E-state index in [1.54, 1.807) is 11.3 Å². The van der Waals surface area contributed by atoms with E-state index in [4.69, 9.17) is 4.42 Å². The number of nitrogens with one attached hydrogen (secondary N) is 1. The topological polar surface area (TPSA) is 72.2 Å². The largest absolute Gasteiger partial charge is 0.440 e. The van der Waals surface area contributed by atoms with Crippen molar-refractivity contribution in [2.24, 2.45) is 0 Å². The molecule has 0 saturated carbocycles. The second-order valence-electron chi connectivity index (χ2n) is 5.83. The summed E-state index contributed by atoms with van der Waals surface area (Å²) in [5, 5.41) is 1.97. The van der Waals surface area contributed by atoms with E-state index in [-0.39, 0.29) is 5.75 Å². The van der Waals surface area contributed by atoms with Crippen molar-refractivity contribution in [3.63, 3.8) is 0 Å². The van der Waals surface area contributed by atoms with Crippen LogP contribution in [-0.4, -0.2) is 19.9 Å². The summed E-state index contributed by atoms with van der Waals surface area (Å²) < 4.78 is 32.9. The van der Waals surface area contributed by atoms with Gasteiger partial charge in [0.1, 0.15) is 5.76 Å². The van der Waals surface area contributed by atoms with Crippen LogP contribution in [0.25, 0.3) is 10.8 Å². The lowest BCUT2D eigenvalue weighted by molar-refractivity contribution is 0.539. The zero-order valence-corrected chi connectivity index (χ0v) is 15.8. The first-order valence-electron chi connectivity index (χ1n) is 7.96. The summed E-state index contributed by atoms with van der Waals surface area (Å²) in [6.45, 7) is 4.06. The summed E-state index contributed by atoms with van der Waals surface area (Å²) >= 11 is 1.56. The molecule has 0 fully saturated rings. The van der Waals surface area contributed by atoms with Gasteiger partial charge in [-0.3, -0.25) is 0 Å². The van der Waals surface area contributed by atoms with E-state index in [0.29, 0.717) is 18.9 Å². The van der Waals surface area contributed by atoms with Crippen LogP contribution in [0.3, 0.4) is 0 Å². The Hall–Kier alpha value is -1.96. The zero-order chi connectivity index (χ0) is 17.9. The van der Waals surface area contributed by atoms with Gasteiger partial charge in [0.25, 0.3) is 0 Å². The Kier molecular flexibility index (Phi) is 5.36. The number of aromatic nitrogens is 1. The van der Waals surface area contributed by atoms with E-state index in [0.717, 1.165) is 27.5 Å². The van der Waals surface area contributed by atoms with Crippen molar-refractivity contribution in [1.82, 2.24) is 9.71 Å². The van der Waals surface area contributed by atoms with Crippen molar-refractivity contribution in [3.8, 4) is 10.8 Å². The predicted octanol–water partition coefficient (Wildman–Crippen LogP) is 3.68. The van der Waals surface area contributed by atoms with Crippen LogP contribution in [0.15, 0.2) is 46.2 Å². The Morgan fingerprint density at radius 2 is 1.96 bits per heavy atom. The normalized spacial score (nSPS) is 11.8. The molecule has 3 rings (SSSR count). The van der Waals surface area contributed by atoms with Gasteiger partial charge >= 0.3 is 0 Å². The number of thiophene rings is 1. The highest BCUT2D eigenvalue weighted by Gasteiger charge is 2.15. The highest BCUT2D eigenvalue weighted by atomic mass is 32.2. The van der Waals surface area contributed by atoms with Crippen LogP contribution < -0.4 is 4.72 Å². The van der Waals surface area contributed by atoms with Gasteiger partial charge < -0.3 is 4.42 Å². The molecule has 3 aromatic rings. The molecule has 1 N–H and O–H groups in total. The molecule has 5 nitrogen and oxygen atoms in total. The van der Waals surface area contributed by atoms with Gasteiger partial charge in [-0.25, -0.2) is 18.1 Å². The standard InChI is InChI=1S/C18H20N2O3S2/c1-13-6-3-4-7-15(13)12-25(21,22)19-10-9-16-14(2)23-18(20-16)17-8-5-11-24-17/h3-8,11,19H,9-10,12H2,1-2H3. The van der Waals surface area contributed by atoms with Crippen LogP contribution in [0, 0.1) is 13.8 Å². The molecule has 2 aromatic heterocycles. The number of sulfonamides is 1. The highest BCUT2D eigenvalue weighted by molar-refractivity contribution is 7.88. The Balaban J connectivity index is 1.60. The maximum atomic E-state index is 12.3. The minimum atomic E-state index is -3.38. The van der Waals surface area contributed by atoms with Crippen LogP contribution in [0.4, 0.5) is 0 Å². The Morgan fingerprint density at radius 1 is 1.16 bits per heavy atom. The molecule has 2 heterocycles. The SMILES string of the molecule is Cc1ccccc1CS(=O)(=O)NCCc1nc(-c2cccs2)oc1C. The van der Waals surface area contributed by atoms with Crippen LogP contribution in [-0.2, 0) is 22.2 Å². The van der Waals surface area contributed by atoms with E-state index in [1.165, 1.54) is 0 Å². The summed E-state index contributed by atoms with van der Waals surface area (Å²) in [6, 6.07) is 11.4. The molecule has 132 valence electrons. The maximum Gasteiger partial charge on any atom is 0.236 e. The Bertz CT molecular complexity index is 945. The summed E-state index contributed by atoms with van der Waals surface area (Å²) in [5.74, 6) is 1.30. The Labute approximate surface area is 151 Å². The van der Waals surface area contributed by atoms with Crippen LogP contribution >= 0.6 is 11.3 Å². The average molecular weight is 377 g/mol. The number of hydrogen-bond acceptors (Lipinski definition) is 5. The van der Waals surface area contributed by atoms with Crippen molar-refractivity contribution >= 4 is 21.4 Å². The van der Waals surface area contributed by atoms with Gasteiger partial charge in [0.15, 0.2) is 0 Å². The second kappa shape index (κ2) is 7.51. The fraction of sp³-hybridized carbons (Fsp3) is 0.278. The molecule has 0 spiro atoms. The molecule has 0 amide bonds. The average Bonchev–Trinajstić information content (AvgIpc) is 3.20. The third kappa shape index (κ3) is 4.56. The van der Waals surface area contributed by atoms with Gasteiger partial charge in [-0.2, -0.15) is 0 Å². The molecule has 0 bridgehead atoms. The molecule has 0 aliphatic rings. The number of oxazole rings is 1. The van der Waals surface area contributed by atoms with Crippen molar-refractivity contribution < 1.29 is 12.8 Å². The molecule has 0 unspecified atom stereocenters. The van der Waals surface area contributed by atoms with Crippen LogP contribution in [0.2, 0.25) is 0 Å². The molecule has 25 heavy (non-hydrogen) atoms. The lowest BCUT2D eigenvalue weighted by Gasteiger charge is -2.08. The lowest BCUT2D eigenvalue weighted by Crippen LogP contribution is -2.27. The van der Waals surface area contributed by atoms with Gasteiger partial charge in [-0.05, 0) is 36.4 Å². The molecule has 0 saturated heterocycles. The van der Waals surface area contributed by atoms with E-state index >= 15 is 0 Å². The van der Waals surface area contributed by atoms with E-state index < -0.39 is 10.0 Å². The number of nitrogens with zero attached hydrogens (tertiary/aromatic N) is 1. The van der Waals surface area contributed by atoms with Gasteiger partial charge in [0.05, 0.1) is 16.3 Å². The Morgan fingerprint density at radius 3 is 2.68 bits per heavy atom. The molecule has 1 aromatic carbocycles. The van der Waals surface area contributed by atoms with Crippen molar-refractivity contribution in [3.05, 3.63) is 64.4 Å². The zero-order valence-electron chi connectivity index (χ0n) is 14.2. The number of aryl methyl sites for hydroxylation is 2. The smallest absolute Gasteiger partial charge is 0.236 e.